The number of nitrogens with zero attached hydrogens (tertiary/aromatic N) is 1. The molecule has 128 valence electrons. The van der Waals surface area contributed by atoms with Gasteiger partial charge in [0, 0.05) is 12.5 Å². The molecular formula is C15H21ClN2O4S. The Hall–Kier alpha value is -1.47. The van der Waals surface area contributed by atoms with Crippen LogP contribution >= 0.6 is 11.6 Å². The molecular weight excluding hydrogens is 340 g/mol. The molecule has 0 aliphatic heterocycles. The van der Waals surface area contributed by atoms with Crippen LogP contribution < -0.4 is 14.4 Å². The number of carbonyl (C=O) groups is 1. The maximum Gasteiger partial charge on any atom is 0.232 e. The Morgan fingerprint density at radius 3 is 2.61 bits per heavy atom. The van der Waals surface area contributed by atoms with Gasteiger partial charge in [-0.25, -0.2) is 8.42 Å². The van der Waals surface area contributed by atoms with Crippen LogP contribution in [0.3, 0.4) is 0 Å². The van der Waals surface area contributed by atoms with Gasteiger partial charge in [0.25, 0.3) is 0 Å². The molecule has 0 heterocycles. The Balaban J connectivity index is 2.05. The number of benzene rings is 1. The first-order valence-corrected chi connectivity index (χ1v) is 9.64. The number of amides is 1. The zero-order valence-corrected chi connectivity index (χ0v) is 14.8. The molecule has 0 bridgehead atoms. The molecule has 0 atom stereocenters. The molecule has 0 spiro atoms. The number of rotatable bonds is 7. The second-order valence-corrected chi connectivity index (χ2v) is 7.89. The monoisotopic (exact) mass is 360 g/mol. The van der Waals surface area contributed by atoms with E-state index in [1.165, 1.54) is 17.5 Å². The molecule has 0 saturated heterocycles. The average Bonchev–Trinajstić information content (AvgIpc) is 2.40. The third-order valence-corrected chi connectivity index (χ3v) is 5.40. The smallest absolute Gasteiger partial charge is 0.232 e. The molecule has 6 nitrogen and oxygen atoms in total. The summed E-state index contributed by atoms with van der Waals surface area (Å²) in [5, 5.41) is 3.12. The van der Waals surface area contributed by atoms with Gasteiger partial charge in [-0.15, -0.1) is 0 Å². The van der Waals surface area contributed by atoms with Crippen LogP contribution in [0.1, 0.15) is 19.3 Å². The van der Waals surface area contributed by atoms with E-state index in [1.54, 1.807) is 12.1 Å². The minimum atomic E-state index is -3.48. The van der Waals surface area contributed by atoms with Crippen LogP contribution in [-0.2, 0) is 14.8 Å². The predicted molar refractivity (Wildman–Crippen MR) is 90.5 cm³/mol. The van der Waals surface area contributed by atoms with E-state index >= 15 is 0 Å². The number of hydrogen-bond acceptors (Lipinski definition) is 4. The minimum Gasteiger partial charge on any atom is -0.495 e. The lowest BCUT2D eigenvalue weighted by Gasteiger charge is -2.26. The number of carbonyl (C=O) groups excluding carboxylic acids is 1. The fraction of sp³-hybridized carbons (Fsp3) is 0.533. The Bertz CT molecular complexity index is 674. The largest absolute Gasteiger partial charge is 0.495 e. The van der Waals surface area contributed by atoms with Crippen molar-refractivity contribution < 1.29 is 17.9 Å². The van der Waals surface area contributed by atoms with Crippen molar-refractivity contribution >= 4 is 33.2 Å². The highest BCUT2D eigenvalue weighted by Crippen LogP contribution is 2.30. The Kier molecular flexibility index (Phi) is 5.75. The van der Waals surface area contributed by atoms with Crippen molar-refractivity contribution in [2.24, 2.45) is 5.92 Å². The predicted octanol–water partition coefficient (Wildman–Crippen LogP) is 2.03. The van der Waals surface area contributed by atoms with Gasteiger partial charge in [-0.05, 0) is 31.0 Å². The summed E-state index contributed by atoms with van der Waals surface area (Å²) in [6.07, 6.45) is 4.03. The molecule has 1 saturated carbocycles. The summed E-state index contributed by atoms with van der Waals surface area (Å²) < 4.78 is 30.3. The van der Waals surface area contributed by atoms with Crippen molar-refractivity contribution in [3.05, 3.63) is 23.2 Å². The summed E-state index contributed by atoms with van der Waals surface area (Å²) in [7, 11) is -1.99. The van der Waals surface area contributed by atoms with E-state index in [0.717, 1.165) is 25.5 Å². The van der Waals surface area contributed by atoms with Crippen molar-refractivity contribution in [2.45, 2.75) is 19.3 Å². The van der Waals surface area contributed by atoms with E-state index in [9.17, 15) is 13.2 Å². The van der Waals surface area contributed by atoms with Gasteiger partial charge < -0.3 is 10.1 Å². The van der Waals surface area contributed by atoms with Crippen molar-refractivity contribution in [3.8, 4) is 5.75 Å². The van der Waals surface area contributed by atoms with Gasteiger partial charge in [0.1, 0.15) is 5.75 Å². The zero-order chi connectivity index (χ0) is 17.0. The first kappa shape index (κ1) is 17.9. The topological polar surface area (TPSA) is 75.7 Å². The molecule has 0 radical (unpaired) electrons. The second-order valence-electron chi connectivity index (χ2n) is 5.57. The van der Waals surface area contributed by atoms with Crippen LogP contribution in [0.5, 0.6) is 5.75 Å². The van der Waals surface area contributed by atoms with Crippen LogP contribution in [0.25, 0.3) is 0 Å². The second kappa shape index (κ2) is 7.40. The summed E-state index contributed by atoms with van der Waals surface area (Å²) in [6.45, 7) is 0.409. The summed E-state index contributed by atoms with van der Waals surface area (Å²) in [5.41, 5.74) is 0.441. The number of halogens is 1. The highest BCUT2D eigenvalue weighted by Gasteiger charge is 2.25. The number of anilines is 1. The lowest BCUT2D eigenvalue weighted by Crippen LogP contribution is -2.41. The third kappa shape index (κ3) is 4.51. The van der Waals surface area contributed by atoms with Crippen LogP contribution in [0.15, 0.2) is 18.2 Å². The van der Waals surface area contributed by atoms with Crippen molar-refractivity contribution in [1.82, 2.24) is 5.32 Å². The van der Waals surface area contributed by atoms with Gasteiger partial charge in [-0.3, -0.25) is 9.10 Å². The van der Waals surface area contributed by atoms with Gasteiger partial charge in [0.15, 0.2) is 0 Å². The van der Waals surface area contributed by atoms with E-state index in [1.807, 2.05) is 0 Å². The molecule has 0 aromatic heterocycles. The quantitative estimate of drug-likeness (QED) is 0.807. The van der Waals surface area contributed by atoms with Crippen LogP contribution in [0.2, 0.25) is 5.02 Å². The van der Waals surface area contributed by atoms with Gasteiger partial charge in [-0.1, -0.05) is 18.0 Å². The van der Waals surface area contributed by atoms with E-state index < -0.39 is 10.0 Å². The molecule has 1 fully saturated rings. The molecule has 8 heteroatoms. The molecule has 1 N–H and O–H groups in total. The van der Waals surface area contributed by atoms with Crippen molar-refractivity contribution in [1.29, 1.82) is 0 Å². The fourth-order valence-corrected chi connectivity index (χ4v) is 3.56. The van der Waals surface area contributed by atoms with E-state index in [0.29, 0.717) is 16.5 Å². The van der Waals surface area contributed by atoms with E-state index in [-0.39, 0.29) is 24.9 Å². The Labute approximate surface area is 141 Å². The molecule has 1 amide bonds. The molecule has 1 aromatic rings. The number of ether oxygens (including phenoxy) is 1. The van der Waals surface area contributed by atoms with Gasteiger partial charge in [-0.2, -0.15) is 0 Å². The highest BCUT2D eigenvalue weighted by atomic mass is 35.5. The van der Waals surface area contributed by atoms with E-state index in [2.05, 4.69) is 5.32 Å². The Morgan fingerprint density at radius 1 is 1.43 bits per heavy atom. The first-order valence-electron chi connectivity index (χ1n) is 7.42. The van der Waals surface area contributed by atoms with E-state index in [4.69, 9.17) is 16.3 Å². The first-order chi connectivity index (χ1) is 10.8. The molecule has 1 aromatic carbocycles. The summed E-state index contributed by atoms with van der Waals surface area (Å²) >= 11 is 6.06. The maximum absolute atomic E-state index is 12.0. The molecule has 1 aliphatic carbocycles. The van der Waals surface area contributed by atoms with Crippen molar-refractivity contribution in [3.63, 3.8) is 0 Å². The highest BCUT2D eigenvalue weighted by molar-refractivity contribution is 7.92. The maximum atomic E-state index is 12.0. The molecule has 1 aliphatic rings. The summed E-state index contributed by atoms with van der Waals surface area (Å²) in [5.74, 6) is 0.553. The Morgan fingerprint density at radius 2 is 2.13 bits per heavy atom. The number of hydrogen-bond donors (Lipinski definition) is 1. The van der Waals surface area contributed by atoms with Crippen LogP contribution in [0, 0.1) is 5.92 Å². The third-order valence-electron chi connectivity index (χ3n) is 3.91. The normalized spacial score (nSPS) is 14.9. The molecule has 2 rings (SSSR count). The lowest BCUT2D eigenvalue weighted by molar-refractivity contribution is -0.127. The summed E-state index contributed by atoms with van der Waals surface area (Å²) in [6, 6.07) is 4.78. The van der Waals surface area contributed by atoms with Gasteiger partial charge in [0.2, 0.25) is 15.9 Å². The minimum absolute atomic E-state index is 0.00235. The SMILES string of the molecule is COc1ccc(N(CCNC(=O)C2CCC2)S(C)(=O)=O)cc1Cl. The number of sulfonamides is 1. The van der Waals surface area contributed by atoms with Gasteiger partial charge >= 0.3 is 0 Å². The van der Waals surface area contributed by atoms with Crippen LogP contribution in [-0.4, -0.2) is 40.8 Å². The zero-order valence-electron chi connectivity index (χ0n) is 13.2. The van der Waals surface area contributed by atoms with Crippen LogP contribution in [0.4, 0.5) is 5.69 Å². The summed E-state index contributed by atoms with van der Waals surface area (Å²) in [4.78, 5) is 11.8. The lowest BCUT2D eigenvalue weighted by atomic mass is 9.85. The number of nitrogens with one attached hydrogen (secondary N) is 1. The molecule has 23 heavy (non-hydrogen) atoms. The average molecular weight is 361 g/mol. The number of methoxy groups -OCH3 is 1. The van der Waals surface area contributed by atoms with Crippen molar-refractivity contribution in [2.75, 3.05) is 30.8 Å². The van der Waals surface area contributed by atoms with Gasteiger partial charge in [0.05, 0.1) is 30.6 Å². The standard InChI is InChI=1S/C15H21ClN2O4S/c1-22-14-7-6-12(10-13(14)16)18(23(2,20)21)9-8-17-15(19)11-4-3-5-11/h6-7,10-11H,3-5,8-9H2,1-2H3,(H,17,19). The molecule has 0 unspecified atom stereocenters. The fourth-order valence-electron chi connectivity index (χ4n) is 2.39.